The van der Waals surface area contributed by atoms with Crippen LogP contribution in [0.3, 0.4) is 0 Å². The molecule has 2 aromatic heterocycles. The van der Waals surface area contributed by atoms with Crippen molar-refractivity contribution < 1.29 is 9.15 Å². The van der Waals surface area contributed by atoms with Crippen molar-refractivity contribution in [1.29, 1.82) is 0 Å². The Labute approximate surface area is 129 Å². The van der Waals surface area contributed by atoms with Gasteiger partial charge in [-0.25, -0.2) is 4.98 Å². The zero-order chi connectivity index (χ0) is 15.2. The Morgan fingerprint density at radius 1 is 1.45 bits per heavy atom. The molecule has 6 heteroatoms. The molecule has 1 saturated carbocycles. The Hall–Kier alpha value is -1.66. The lowest BCUT2D eigenvalue weighted by atomic mass is 9.57. The molecule has 1 saturated heterocycles. The molecule has 0 spiro atoms. The van der Waals surface area contributed by atoms with Gasteiger partial charge in [0, 0.05) is 36.9 Å². The fourth-order valence-corrected chi connectivity index (χ4v) is 4.01. The van der Waals surface area contributed by atoms with Gasteiger partial charge in [0.2, 0.25) is 5.82 Å². The molecule has 0 bridgehead atoms. The minimum absolute atomic E-state index is 0.224. The molecular formula is C16H22N4O2. The maximum Gasteiger partial charge on any atom is 0.216 e. The Bertz CT molecular complexity index is 634. The Morgan fingerprint density at radius 2 is 2.36 bits per heavy atom. The molecule has 0 unspecified atom stereocenters. The standard InChI is InChI=1S/C16H22N4O2/c1-16(2)13(10-6-9-22-14(10)16)17-7-5-12-18-15(20-19-12)11-4-3-8-21-11/h3-4,8,10,13-14,17H,5-7,9H2,1-2H3,(H,18,19,20)/t10-,13-,14+/m1/s1. The molecule has 1 aliphatic heterocycles. The number of aromatic nitrogens is 3. The molecule has 2 fully saturated rings. The fraction of sp³-hybridized carbons (Fsp3) is 0.625. The summed E-state index contributed by atoms with van der Waals surface area (Å²) >= 11 is 0. The average molecular weight is 302 g/mol. The quantitative estimate of drug-likeness (QED) is 0.883. The summed E-state index contributed by atoms with van der Waals surface area (Å²) in [6.07, 6.45) is 4.07. The molecular weight excluding hydrogens is 280 g/mol. The number of H-pyrrole nitrogens is 1. The van der Waals surface area contributed by atoms with Gasteiger partial charge in [0.05, 0.1) is 12.4 Å². The van der Waals surface area contributed by atoms with Crippen molar-refractivity contribution in [1.82, 2.24) is 20.5 Å². The summed E-state index contributed by atoms with van der Waals surface area (Å²) in [6, 6.07) is 4.24. The van der Waals surface area contributed by atoms with Crippen molar-refractivity contribution in [3.63, 3.8) is 0 Å². The number of hydrogen-bond acceptors (Lipinski definition) is 5. The van der Waals surface area contributed by atoms with Crippen LogP contribution in [0.5, 0.6) is 0 Å². The van der Waals surface area contributed by atoms with E-state index in [1.54, 1.807) is 6.26 Å². The third-order valence-electron chi connectivity index (χ3n) is 5.10. The van der Waals surface area contributed by atoms with Crippen LogP contribution in [0.1, 0.15) is 26.1 Å². The highest BCUT2D eigenvalue weighted by molar-refractivity contribution is 5.45. The molecule has 6 nitrogen and oxygen atoms in total. The summed E-state index contributed by atoms with van der Waals surface area (Å²) in [7, 11) is 0. The zero-order valence-electron chi connectivity index (χ0n) is 13.0. The third-order valence-corrected chi connectivity index (χ3v) is 5.10. The van der Waals surface area contributed by atoms with E-state index < -0.39 is 0 Å². The lowest BCUT2D eigenvalue weighted by molar-refractivity contribution is -0.112. The van der Waals surface area contributed by atoms with Crippen molar-refractivity contribution in [2.75, 3.05) is 13.2 Å². The minimum Gasteiger partial charge on any atom is -0.461 e. The van der Waals surface area contributed by atoms with Gasteiger partial charge in [0.25, 0.3) is 0 Å². The molecule has 2 aliphatic rings. The number of hydrogen-bond donors (Lipinski definition) is 2. The second-order valence-corrected chi connectivity index (χ2v) is 6.83. The van der Waals surface area contributed by atoms with Crippen LogP contribution in [0.4, 0.5) is 0 Å². The topological polar surface area (TPSA) is 76.0 Å². The zero-order valence-corrected chi connectivity index (χ0v) is 13.0. The Kier molecular flexibility index (Phi) is 3.31. The second-order valence-electron chi connectivity index (χ2n) is 6.83. The maximum absolute atomic E-state index is 5.83. The van der Waals surface area contributed by atoms with E-state index in [4.69, 9.17) is 9.15 Å². The van der Waals surface area contributed by atoms with Crippen LogP contribution in [0, 0.1) is 11.3 Å². The lowest BCUT2D eigenvalue weighted by Crippen LogP contribution is -2.66. The monoisotopic (exact) mass is 302 g/mol. The number of furan rings is 1. The Morgan fingerprint density at radius 3 is 3.18 bits per heavy atom. The largest absolute Gasteiger partial charge is 0.461 e. The van der Waals surface area contributed by atoms with Crippen LogP contribution < -0.4 is 5.32 Å². The van der Waals surface area contributed by atoms with Crippen LogP contribution >= 0.6 is 0 Å². The van der Waals surface area contributed by atoms with Gasteiger partial charge in [-0.05, 0) is 18.6 Å². The molecule has 4 rings (SSSR count). The van der Waals surface area contributed by atoms with E-state index in [0.29, 0.717) is 29.6 Å². The first-order chi connectivity index (χ1) is 10.7. The van der Waals surface area contributed by atoms with Crippen LogP contribution in [0.25, 0.3) is 11.6 Å². The van der Waals surface area contributed by atoms with Crippen molar-refractivity contribution in [2.45, 2.75) is 38.8 Å². The average Bonchev–Trinajstić information content (AvgIpc) is 3.22. The van der Waals surface area contributed by atoms with Crippen LogP contribution in [-0.2, 0) is 11.2 Å². The smallest absolute Gasteiger partial charge is 0.216 e. The number of nitrogens with zero attached hydrogens (tertiary/aromatic N) is 2. The summed E-state index contributed by atoms with van der Waals surface area (Å²) in [5, 5.41) is 10.9. The number of fused-ring (bicyclic) bond motifs is 1. The van der Waals surface area contributed by atoms with Gasteiger partial charge in [0.1, 0.15) is 5.82 Å². The third kappa shape index (κ3) is 2.18. The molecule has 2 aromatic rings. The van der Waals surface area contributed by atoms with Gasteiger partial charge in [-0.2, -0.15) is 5.10 Å². The van der Waals surface area contributed by atoms with E-state index in [2.05, 4.69) is 34.3 Å². The van der Waals surface area contributed by atoms with Gasteiger partial charge < -0.3 is 14.5 Å². The molecule has 22 heavy (non-hydrogen) atoms. The molecule has 3 atom stereocenters. The van der Waals surface area contributed by atoms with Gasteiger partial charge in [-0.15, -0.1) is 0 Å². The maximum atomic E-state index is 5.83. The number of ether oxygens (including phenoxy) is 1. The second kappa shape index (κ2) is 5.21. The van der Waals surface area contributed by atoms with Crippen LogP contribution in [-0.4, -0.2) is 40.5 Å². The van der Waals surface area contributed by atoms with E-state index in [-0.39, 0.29) is 5.41 Å². The first-order valence-corrected chi connectivity index (χ1v) is 7.96. The van der Waals surface area contributed by atoms with Crippen molar-refractivity contribution in [3.05, 3.63) is 24.2 Å². The highest BCUT2D eigenvalue weighted by Crippen LogP contribution is 2.51. The van der Waals surface area contributed by atoms with Gasteiger partial charge >= 0.3 is 0 Å². The van der Waals surface area contributed by atoms with Crippen LogP contribution in [0.2, 0.25) is 0 Å². The summed E-state index contributed by atoms with van der Waals surface area (Å²) in [4.78, 5) is 4.47. The highest BCUT2D eigenvalue weighted by atomic mass is 16.5. The highest BCUT2D eigenvalue weighted by Gasteiger charge is 2.58. The summed E-state index contributed by atoms with van der Waals surface area (Å²) in [5.74, 6) is 2.87. The normalized spacial score (nSPS) is 29.3. The number of rotatable bonds is 5. The fourth-order valence-electron chi connectivity index (χ4n) is 4.01. The molecule has 3 heterocycles. The van der Waals surface area contributed by atoms with E-state index in [1.807, 2.05) is 12.1 Å². The molecule has 0 radical (unpaired) electrons. The molecule has 0 aromatic carbocycles. The molecule has 118 valence electrons. The van der Waals surface area contributed by atoms with Crippen molar-refractivity contribution in [2.24, 2.45) is 11.3 Å². The SMILES string of the molecule is CC1(C)[C@H](NCCc2nc(-c3ccco3)n[nH]2)[C@H]2CCO[C@@H]21. The predicted octanol–water partition coefficient (Wildman–Crippen LogP) is 2.01. The number of nitrogens with one attached hydrogen (secondary N) is 2. The van der Waals surface area contributed by atoms with E-state index in [1.165, 1.54) is 6.42 Å². The van der Waals surface area contributed by atoms with Gasteiger partial charge in [0.15, 0.2) is 5.76 Å². The van der Waals surface area contributed by atoms with Gasteiger partial charge in [-0.1, -0.05) is 13.8 Å². The first-order valence-electron chi connectivity index (χ1n) is 7.96. The summed E-state index contributed by atoms with van der Waals surface area (Å²) in [5.41, 5.74) is 0.224. The predicted molar refractivity (Wildman–Crippen MR) is 81.2 cm³/mol. The lowest BCUT2D eigenvalue weighted by Gasteiger charge is -2.55. The number of aromatic amines is 1. The summed E-state index contributed by atoms with van der Waals surface area (Å²) < 4.78 is 11.1. The molecule has 0 amide bonds. The van der Waals surface area contributed by atoms with E-state index in [0.717, 1.165) is 25.4 Å². The van der Waals surface area contributed by atoms with Crippen LogP contribution in [0.15, 0.2) is 22.8 Å². The van der Waals surface area contributed by atoms with Crippen molar-refractivity contribution >= 4 is 0 Å². The van der Waals surface area contributed by atoms with E-state index in [9.17, 15) is 0 Å². The van der Waals surface area contributed by atoms with Gasteiger partial charge in [-0.3, -0.25) is 5.10 Å². The van der Waals surface area contributed by atoms with E-state index >= 15 is 0 Å². The Balaban J connectivity index is 1.32. The summed E-state index contributed by atoms with van der Waals surface area (Å²) in [6.45, 7) is 6.39. The van der Waals surface area contributed by atoms with Crippen molar-refractivity contribution in [3.8, 4) is 11.6 Å². The minimum atomic E-state index is 0.224. The molecule has 2 N–H and O–H groups in total. The first kappa shape index (κ1) is 14.0. The molecule has 1 aliphatic carbocycles.